The second-order valence-electron chi connectivity index (χ2n) is 2.70. The number of aryl methyl sites for hydroxylation is 1. The molecular weight excluding hydrogens is 154 g/mol. The van der Waals surface area contributed by atoms with Gasteiger partial charge in [0.2, 0.25) is 0 Å². The molecule has 1 nitrogen and oxygen atoms in total. The Hall–Kier alpha value is -0.600. The third-order valence-electron chi connectivity index (χ3n) is 1.63. The van der Waals surface area contributed by atoms with Crippen LogP contribution in [0, 0.1) is 6.92 Å². The average molecular weight is 167 g/mol. The highest BCUT2D eigenvalue weighted by Crippen LogP contribution is 2.26. The minimum Gasteiger partial charge on any atom is -0.326 e. The van der Waals surface area contributed by atoms with Crippen molar-refractivity contribution in [1.82, 2.24) is 0 Å². The molecule has 60 valence electrons. The smallest absolute Gasteiger partial charge is 0.0299 e. The van der Waals surface area contributed by atoms with Gasteiger partial charge in [-0.2, -0.15) is 0 Å². The Morgan fingerprint density at radius 2 is 2.36 bits per heavy atom. The lowest BCUT2D eigenvalue weighted by atomic mass is 10.2. The van der Waals surface area contributed by atoms with Crippen LogP contribution in [0.5, 0.6) is 0 Å². The van der Waals surface area contributed by atoms with Gasteiger partial charge in [-0.1, -0.05) is 6.58 Å². The number of nitrogens with two attached hydrogens (primary N) is 1. The van der Waals surface area contributed by atoms with E-state index in [1.54, 1.807) is 11.3 Å². The zero-order chi connectivity index (χ0) is 8.43. The van der Waals surface area contributed by atoms with Gasteiger partial charge in [0.05, 0.1) is 0 Å². The first-order valence-electron chi connectivity index (χ1n) is 3.60. The van der Waals surface area contributed by atoms with Crippen LogP contribution >= 0.6 is 11.3 Å². The number of hydrogen-bond donors (Lipinski definition) is 1. The Morgan fingerprint density at radius 3 is 2.64 bits per heavy atom. The molecule has 0 unspecified atom stereocenters. The summed E-state index contributed by atoms with van der Waals surface area (Å²) < 4.78 is 0. The first-order valence-corrected chi connectivity index (χ1v) is 4.42. The zero-order valence-electron chi connectivity index (χ0n) is 6.98. The van der Waals surface area contributed by atoms with E-state index >= 15 is 0 Å². The van der Waals surface area contributed by atoms with Gasteiger partial charge < -0.3 is 5.73 Å². The number of hydrogen-bond acceptors (Lipinski definition) is 2. The average Bonchev–Trinajstić information content (AvgIpc) is 2.31. The fourth-order valence-electron chi connectivity index (χ4n) is 0.933. The van der Waals surface area contributed by atoms with Crippen molar-refractivity contribution in [1.29, 1.82) is 0 Å². The van der Waals surface area contributed by atoms with Crippen LogP contribution in [0.2, 0.25) is 0 Å². The molecule has 1 aromatic heterocycles. The predicted octanol–water partition coefficient (Wildman–Crippen LogP) is 2.55. The Labute approximate surface area is 71.5 Å². The second kappa shape index (κ2) is 3.20. The van der Waals surface area contributed by atoms with E-state index in [0.717, 1.165) is 5.57 Å². The summed E-state index contributed by atoms with van der Waals surface area (Å²) in [5, 5.41) is 0. The normalized spacial score (nSPS) is 10.1. The molecule has 0 saturated heterocycles. The summed E-state index contributed by atoms with van der Waals surface area (Å²) in [4.78, 5) is 2.52. The van der Waals surface area contributed by atoms with E-state index in [1.807, 2.05) is 6.92 Å². The summed E-state index contributed by atoms with van der Waals surface area (Å²) in [6.07, 6.45) is 0. The third-order valence-corrected chi connectivity index (χ3v) is 3.05. The fourth-order valence-corrected chi connectivity index (χ4v) is 1.91. The lowest BCUT2D eigenvalue weighted by Crippen LogP contribution is -1.93. The van der Waals surface area contributed by atoms with Crippen LogP contribution in [0.4, 0.5) is 0 Å². The molecule has 1 aromatic rings. The topological polar surface area (TPSA) is 26.0 Å². The van der Waals surface area contributed by atoms with Crippen LogP contribution in [-0.2, 0) is 6.54 Å². The van der Waals surface area contributed by atoms with Crippen molar-refractivity contribution in [3.8, 4) is 0 Å². The lowest BCUT2D eigenvalue weighted by Gasteiger charge is -1.89. The van der Waals surface area contributed by atoms with Crippen LogP contribution in [0.15, 0.2) is 12.6 Å². The van der Waals surface area contributed by atoms with Crippen molar-refractivity contribution in [2.75, 3.05) is 0 Å². The summed E-state index contributed by atoms with van der Waals surface area (Å²) in [6.45, 7) is 8.63. The minimum atomic E-state index is 0.643. The number of thiophene rings is 1. The molecule has 0 saturated carbocycles. The van der Waals surface area contributed by atoms with Crippen LogP contribution < -0.4 is 5.73 Å². The first kappa shape index (κ1) is 8.50. The summed E-state index contributed by atoms with van der Waals surface area (Å²) in [5.41, 5.74) is 7.96. The minimum absolute atomic E-state index is 0.643. The van der Waals surface area contributed by atoms with Gasteiger partial charge in [-0.15, -0.1) is 11.3 Å². The fraction of sp³-hybridized carbons (Fsp3) is 0.333. The van der Waals surface area contributed by atoms with E-state index in [-0.39, 0.29) is 0 Å². The molecule has 0 aliphatic heterocycles. The molecule has 0 bridgehead atoms. The van der Waals surface area contributed by atoms with Crippen LogP contribution in [0.25, 0.3) is 5.57 Å². The zero-order valence-corrected chi connectivity index (χ0v) is 7.79. The Morgan fingerprint density at radius 1 is 1.73 bits per heavy atom. The van der Waals surface area contributed by atoms with Crippen molar-refractivity contribution < 1.29 is 0 Å². The van der Waals surface area contributed by atoms with E-state index in [4.69, 9.17) is 5.73 Å². The molecular formula is C9H13NS. The number of allylic oxidation sites excluding steroid dienone is 1. The van der Waals surface area contributed by atoms with Gasteiger partial charge in [-0.25, -0.2) is 0 Å². The molecule has 0 aromatic carbocycles. The SMILES string of the molecule is C=C(C)c1cc(C)c(CN)s1. The van der Waals surface area contributed by atoms with Gasteiger partial charge in [0.1, 0.15) is 0 Å². The van der Waals surface area contributed by atoms with Crippen molar-refractivity contribution in [3.63, 3.8) is 0 Å². The third kappa shape index (κ3) is 1.70. The molecule has 0 spiro atoms. The van der Waals surface area contributed by atoms with E-state index in [0.29, 0.717) is 6.54 Å². The quantitative estimate of drug-likeness (QED) is 0.719. The van der Waals surface area contributed by atoms with Gasteiger partial charge in [0, 0.05) is 16.3 Å². The highest BCUT2D eigenvalue weighted by Gasteiger charge is 2.03. The molecule has 0 fully saturated rings. The van der Waals surface area contributed by atoms with E-state index in [2.05, 4.69) is 19.6 Å². The van der Waals surface area contributed by atoms with E-state index in [9.17, 15) is 0 Å². The molecule has 0 aliphatic rings. The van der Waals surface area contributed by atoms with Crippen LogP contribution in [0.3, 0.4) is 0 Å². The van der Waals surface area contributed by atoms with Crippen LogP contribution in [0.1, 0.15) is 22.2 Å². The predicted molar refractivity (Wildman–Crippen MR) is 51.7 cm³/mol. The molecule has 2 N–H and O–H groups in total. The molecule has 0 atom stereocenters. The van der Waals surface area contributed by atoms with Crippen molar-refractivity contribution in [2.24, 2.45) is 5.73 Å². The van der Waals surface area contributed by atoms with Crippen molar-refractivity contribution >= 4 is 16.9 Å². The Bertz CT molecular complexity index is 273. The summed E-state index contributed by atoms with van der Waals surface area (Å²) >= 11 is 1.74. The number of rotatable bonds is 2. The van der Waals surface area contributed by atoms with Gasteiger partial charge in [-0.3, -0.25) is 0 Å². The molecule has 0 amide bonds. The van der Waals surface area contributed by atoms with Crippen molar-refractivity contribution in [3.05, 3.63) is 28.0 Å². The summed E-state index contributed by atoms with van der Waals surface area (Å²) in [6, 6.07) is 2.15. The standard InChI is InChI=1S/C9H13NS/c1-6(2)8-4-7(3)9(5-10)11-8/h4H,1,5,10H2,2-3H3. The molecule has 0 aliphatic carbocycles. The monoisotopic (exact) mass is 167 g/mol. The largest absolute Gasteiger partial charge is 0.326 e. The summed E-state index contributed by atoms with van der Waals surface area (Å²) in [5.74, 6) is 0. The van der Waals surface area contributed by atoms with Gasteiger partial charge in [0.25, 0.3) is 0 Å². The lowest BCUT2D eigenvalue weighted by molar-refractivity contribution is 1.09. The van der Waals surface area contributed by atoms with E-state index in [1.165, 1.54) is 15.3 Å². The summed E-state index contributed by atoms with van der Waals surface area (Å²) in [7, 11) is 0. The molecule has 11 heavy (non-hydrogen) atoms. The maximum absolute atomic E-state index is 5.54. The van der Waals surface area contributed by atoms with Crippen LogP contribution in [-0.4, -0.2) is 0 Å². The van der Waals surface area contributed by atoms with Gasteiger partial charge >= 0.3 is 0 Å². The molecule has 0 radical (unpaired) electrons. The van der Waals surface area contributed by atoms with Gasteiger partial charge in [-0.05, 0) is 31.1 Å². The Balaban J connectivity index is 3.05. The van der Waals surface area contributed by atoms with E-state index < -0.39 is 0 Å². The molecule has 1 heterocycles. The Kier molecular flexibility index (Phi) is 2.47. The van der Waals surface area contributed by atoms with Gasteiger partial charge in [0.15, 0.2) is 0 Å². The highest BCUT2D eigenvalue weighted by molar-refractivity contribution is 7.13. The second-order valence-corrected chi connectivity index (χ2v) is 3.84. The molecule has 1 rings (SSSR count). The molecule has 2 heteroatoms. The maximum atomic E-state index is 5.54. The van der Waals surface area contributed by atoms with Crippen molar-refractivity contribution in [2.45, 2.75) is 20.4 Å². The maximum Gasteiger partial charge on any atom is 0.0299 e. The first-order chi connectivity index (χ1) is 5.15. The highest BCUT2D eigenvalue weighted by atomic mass is 32.1.